The summed E-state index contributed by atoms with van der Waals surface area (Å²) in [6.07, 6.45) is 5.34. The zero-order valence-electron chi connectivity index (χ0n) is 13.9. The average molecular weight is 319 g/mol. The van der Waals surface area contributed by atoms with Crippen LogP contribution >= 0.6 is 0 Å². The van der Waals surface area contributed by atoms with Crippen molar-refractivity contribution in [2.24, 2.45) is 21.5 Å². The normalized spacial score (nSPS) is 12.6. The van der Waals surface area contributed by atoms with Crippen molar-refractivity contribution in [1.82, 2.24) is 5.32 Å². The van der Waals surface area contributed by atoms with Crippen molar-refractivity contribution < 1.29 is 9.47 Å². The number of benzene rings is 1. The Hall–Kier alpha value is -2.70. The number of ether oxygens (including phenoxy) is 2. The van der Waals surface area contributed by atoms with E-state index in [-0.39, 0.29) is 12.8 Å². The third-order valence-electron chi connectivity index (χ3n) is 2.83. The van der Waals surface area contributed by atoms with Crippen LogP contribution in [0.15, 0.2) is 40.3 Å². The van der Waals surface area contributed by atoms with Gasteiger partial charge in [-0.1, -0.05) is 31.2 Å². The SMILES string of the molecule is C/C=C\CC.CN=C(N=C(N)N)NCc1cccc2c1OCO2. The van der Waals surface area contributed by atoms with E-state index in [0.29, 0.717) is 12.5 Å². The first kappa shape index (κ1) is 18.3. The zero-order valence-corrected chi connectivity index (χ0v) is 13.9. The van der Waals surface area contributed by atoms with Gasteiger partial charge in [-0.2, -0.15) is 4.99 Å². The van der Waals surface area contributed by atoms with Crippen LogP contribution in [0, 0.1) is 0 Å². The minimum Gasteiger partial charge on any atom is -0.454 e. The molecule has 1 aliphatic rings. The molecule has 1 aliphatic heterocycles. The number of nitrogens with zero attached hydrogens (tertiary/aromatic N) is 2. The molecule has 0 radical (unpaired) electrons. The van der Waals surface area contributed by atoms with Gasteiger partial charge < -0.3 is 26.3 Å². The van der Waals surface area contributed by atoms with Crippen LogP contribution in [0.5, 0.6) is 11.5 Å². The molecule has 0 saturated carbocycles. The Balaban J connectivity index is 0.000000463. The van der Waals surface area contributed by atoms with E-state index in [1.807, 2.05) is 25.1 Å². The predicted molar refractivity (Wildman–Crippen MR) is 93.7 cm³/mol. The average Bonchev–Trinajstić information content (AvgIpc) is 3.01. The zero-order chi connectivity index (χ0) is 17.1. The molecule has 0 spiro atoms. The van der Waals surface area contributed by atoms with E-state index in [1.165, 1.54) is 0 Å². The topological polar surface area (TPSA) is 107 Å². The quantitative estimate of drug-likeness (QED) is 0.447. The van der Waals surface area contributed by atoms with Crippen LogP contribution in [0.1, 0.15) is 25.8 Å². The number of hydrogen-bond acceptors (Lipinski definition) is 3. The Labute approximate surface area is 137 Å². The fraction of sp³-hybridized carbons (Fsp3) is 0.375. The Bertz CT molecular complexity index is 578. The van der Waals surface area contributed by atoms with E-state index in [4.69, 9.17) is 20.9 Å². The van der Waals surface area contributed by atoms with Crippen LogP contribution in [0.4, 0.5) is 0 Å². The van der Waals surface area contributed by atoms with Crippen molar-refractivity contribution in [3.8, 4) is 11.5 Å². The highest BCUT2D eigenvalue weighted by atomic mass is 16.7. The molecule has 0 aliphatic carbocycles. The van der Waals surface area contributed by atoms with E-state index in [0.717, 1.165) is 23.5 Å². The minimum absolute atomic E-state index is 0.0408. The Morgan fingerprint density at radius 1 is 1.35 bits per heavy atom. The van der Waals surface area contributed by atoms with Crippen molar-refractivity contribution in [2.75, 3.05) is 13.8 Å². The second-order valence-corrected chi connectivity index (χ2v) is 4.57. The van der Waals surface area contributed by atoms with Gasteiger partial charge in [-0.3, -0.25) is 4.99 Å². The van der Waals surface area contributed by atoms with Gasteiger partial charge in [0.1, 0.15) is 0 Å². The van der Waals surface area contributed by atoms with E-state index in [2.05, 4.69) is 34.4 Å². The third kappa shape index (κ3) is 6.29. The van der Waals surface area contributed by atoms with Gasteiger partial charge in [-0.05, 0) is 19.4 Å². The van der Waals surface area contributed by atoms with Gasteiger partial charge in [-0.15, -0.1) is 0 Å². The maximum atomic E-state index is 5.39. The summed E-state index contributed by atoms with van der Waals surface area (Å²) in [7, 11) is 1.60. The first-order valence-electron chi connectivity index (χ1n) is 7.41. The number of fused-ring (bicyclic) bond motifs is 1. The van der Waals surface area contributed by atoms with Crippen LogP contribution in [0.3, 0.4) is 0 Å². The first-order valence-corrected chi connectivity index (χ1v) is 7.41. The van der Waals surface area contributed by atoms with Crippen LogP contribution in [-0.2, 0) is 6.54 Å². The molecule has 1 aromatic rings. The van der Waals surface area contributed by atoms with Gasteiger partial charge in [0.25, 0.3) is 0 Å². The lowest BCUT2D eigenvalue weighted by Gasteiger charge is -2.08. The van der Waals surface area contributed by atoms with Crippen molar-refractivity contribution in [2.45, 2.75) is 26.8 Å². The summed E-state index contributed by atoms with van der Waals surface area (Å²) in [5.74, 6) is 1.81. The van der Waals surface area contributed by atoms with Crippen molar-refractivity contribution in [3.05, 3.63) is 35.9 Å². The van der Waals surface area contributed by atoms with Crippen LogP contribution in [0.25, 0.3) is 0 Å². The summed E-state index contributed by atoms with van der Waals surface area (Å²) < 4.78 is 10.7. The summed E-state index contributed by atoms with van der Waals surface area (Å²) >= 11 is 0. The van der Waals surface area contributed by atoms with Crippen molar-refractivity contribution in [1.29, 1.82) is 0 Å². The summed E-state index contributed by atoms with van der Waals surface area (Å²) in [4.78, 5) is 7.77. The Morgan fingerprint density at radius 2 is 2.13 bits per heavy atom. The molecule has 0 amide bonds. The molecule has 2 rings (SSSR count). The fourth-order valence-corrected chi connectivity index (χ4v) is 1.83. The molecule has 23 heavy (non-hydrogen) atoms. The highest BCUT2D eigenvalue weighted by molar-refractivity contribution is 5.93. The summed E-state index contributed by atoms with van der Waals surface area (Å²) in [6.45, 7) is 4.90. The maximum absolute atomic E-state index is 5.39. The second kappa shape index (κ2) is 10.1. The van der Waals surface area contributed by atoms with Gasteiger partial charge >= 0.3 is 0 Å². The smallest absolute Gasteiger partial charge is 0.231 e. The number of rotatable bonds is 3. The molecule has 126 valence electrons. The number of nitrogens with one attached hydrogen (secondary N) is 1. The highest BCUT2D eigenvalue weighted by Crippen LogP contribution is 2.35. The van der Waals surface area contributed by atoms with E-state index >= 15 is 0 Å². The third-order valence-corrected chi connectivity index (χ3v) is 2.83. The van der Waals surface area contributed by atoms with Gasteiger partial charge in [0.15, 0.2) is 17.5 Å². The molecule has 7 heteroatoms. The van der Waals surface area contributed by atoms with Gasteiger partial charge in [0.2, 0.25) is 12.8 Å². The van der Waals surface area contributed by atoms with Gasteiger partial charge in [-0.25, -0.2) is 0 Å². The Kier molecular flexibility index (Phi) is 8.06. The number of nitrogens with two attached hydrogens (primary N) is 2. The lowest BCUT2D eigenvalue weighted by molar-refractivity contribution is 0.173. The van der Waals surface area contributed by atoms with E-state index in [9.17, 15) is 0 Å². The first-order chi connectivity index (χ1) is 11.1. The number of allylic oxidation sites excluding steroid dienone is 2. The molecule has 0 unspecified atom stereocenters. The second-order valence-electron chi connectivity index (χ2n) is 4.57. The molecule has 5 N–H and O–H groups in total. The highest BCUT2D eigenvalue weighted by Gasteiger charge is 2.16. The van der Waals surface area contributed by atoms with Crippen molar-refractivity contribution >= 4 is 11.9 Å². The molecule has 7 nitrogen and oxygen atoms in total. The van der Waals surface area contributed by atoms with Crippen LogP contribution in [0.2, 0.25) is 0 Å². The lowest BCUT2D eigenvalue weighted by atomic mass is 10.2. The van der Waals surface area contributed by atoms with Crippen LogP contribution in [-0.4, -0.2) is 25.8 Å². The molecular formula is C16H25N5O2. The van der Waals surface area contributed by atoms with E-state index in [1.54, 1.807) is 7.05 Å². The molecule has 0 atom stereocenters. The van der Waals surface area contributed by atoms with E-state index < -0.39 is 0 Å². The van der Waals surface area contributed by atoms with Crippen molar-refractivity contribution in [3.63, 3.8) is 0 Å². The number of aliphatic imine (C=N–C) groups is 2. The summed E-state index contributed by atoms with van der Waals surface area (Å²) in [5, 5.41) is 3.01. The lowest BCUT2D eigenvalue weighted by Crippen LogP contribution is -2.29. The minimum atomic E-state index is -0.0408. The standard InChI is InChI=1S/C11H15N5O2.C5H10/c1-14-11(16-10(12)13)15-5-7-3-2-4-8-9(7)18-6-17-8;1-3-5-4-2/h2-4H,5-6H2,1H3,(H5,12,13,14,15,16);3,5H,4H2,1-2H3/b;5-3-. The Morgan fingerprint density at radius 3 is 2.70 bits per heavy atom. The predicted octanol–water partition coefficient (Wildman–Crippen LogP) is 1.74. The van der Waals surface area contributed by atoms with Gasteiger partial charge in [0.05, 0.1) is 0 Å². The number of para-hydroxylation sites is 1. The molecular weight excluding hydrogens is 294 g/mol. The molecule has 1 aromatic carbocycles. The monoisotopic (exact) mass is 319 g/mol. The molecule has 0 saturated heterocycles. The largest absolute Gasteiger partial charge is 0.454 e. The molecule has 0 aromatic heterocycles. The molecule has 0 bridgehead atoms. The number of guanidine groups is 2. The molecule has 1 heterocycles. The van der Waals surface area contributed by atoms with Gasteiger partial charge in [0, 0.05) is 19.2 Å². The fourth-order valence-electron chi connectivity index (χ4n) is 1.83. The summed E-state index contributed by atoms with van der Waals surface area (Å²) in [6, 6.07) is 5.69. The maximum Gasteiger partial charge on any atom is 0.231 e. The van der Waals surface area contributed by atoms with Crippen LogP contribution < -0.4 is 26.3 Å². The number of hydrogen-bond donors (Lipinski definition) is 3. The molecule has 0 fully saturated rings. The summed E-state index contributed by atoms with van der Waals surface area (Å²) in [5.41, 5.74) is 11.5.